The van der Waals surface area contributed by atoms with Crippen molar-refractivity contribution >= 4 is 31.5 Å². The molecule has 1 rings (SSSR count). The number of hydrogen-bond donors (Lipinski definition) is 0. The maximum absolute atomic E-state index is 12.4. The highest BCUT2D eigenvalue weighted by atomic mass is 79.9. The summed E-state index contributed by atoms with van der Waals surface area (Å²) in [5.41, 5.74) is 0.793. The summed E-state index contributed by atoms with van der Waals surface area (Å²) < 4.78 is 47.2. The molecule has 0 saturated heterocycles. The Morgan fingerprint density at radius 3 is 2.21 bits per heavy atom. The van der Waals surface area contributed by atoms with E-state index in [1.165, 1.54) is 24.3 Å². The van der Waals surface area contributed by atoms with E-state index in [2.05, 4.69) is 15.9 Å². The third kappa shape index (κ3) is 4.42. The molecule has 7 heteroatoms. The van der Waals surface area contributed by atoms with Crippen LogP contribution in [0.1, 0.15) is 13.3 Å². The van der Waals surface area contributed by atoms with Gasteiger partial charge < -0.3 is 4.90 Å². The van der Waals surface area contributed by atoms with E-state index in [1.54, 1.807) is 0 Å². The maximum Gasteiger partial charge on any atom is 0.341 e. The molecule has 0 N–H and O–H groups in total. The summed E-state index contributed by atoms with van der Waals surface area (Å²) >= 11 is 3.44. The van der Waals surface area contributed by atoms with Crippen molar-refractivity contribution in [3.63, 3.8) is 0 Å². The number of halogens is 3. The van der Waals surface area contributed by atoms with E-state index in [0.29, 0.717) is 4.83 Å². The van der Waals surface area contributed by atoms with Crippen molar-refractivity contribution < 1.29 is 17.2 Å². The van der Waals surface area contributed by atoms with E-state index in [4.69, 9.17) is 0 Å². The smallest absolute Gasteiger partial charge is 0.341 e. The van der Waals surface area contributed by atoms with Crippen molar-refractivity contribution in [2.24, 2.45) is 0 Å². The van der Waals surface area contributed by atoms with Crippen LogP contribution < -0.4 is 4.90 Å². The van der Waals surface area contributed by atoms with Crippen molar-refractivity contribution in [1.29, 1.82) is 0 Å². The highest BCUT2D eigenvalue weighted by Gasteiger charge is 2.26. The van der Waals surface area contributed by atoms with Crippen LogP contribution in [0, 0.1) is 0 Å². The quantitative estimate of drug-likeness (QED) is 0.734. The van der Waals surface area contributed by atoms with Crippen LogP contribution in [-0.2, 0) is 9.84 Å². The summed E-state index contributed by atoms with van der Waals surface area (Å²) in [6.07, 6.45) is 0.924. The fourth-order valence-corrected chi connectivity index (χ4v) is 2.42. The van der Waals surface area contributed by atoms with Crippen LogP contribution in [-0.4, -0.2) is 32.6 Å². The van der Waals surface area contributed by atoms with E-state index in [-0.39, 0.29) is 4.90 Å². The monoisotopic (exact) mass is 355 g/mol. The van der Waals surface area contributed by atoms with Gasteiger partial charge in [-0.2, -0.15) is 8.78 Å². The van der Waals surface area contributed by atoms with E-state index in [9.17, 15) is 17.2 Å². The zero-order valence-electron chi connectivity index (χ0n) is 10.7. The second kappa shape index (κ2) is 6.65. The van der Waals surface area contributed by atoms with Gasteiger partial charge in [0.15, 0.2) is 0 Å². The van der Waals surface area contributed by atoms with Gasteiger partial charge in [0.25, 0.3) is 0 Å². The summed E-state index contributed by atoms with van der Waals surface area (Å²) in [5.74, 6) is -3.38. The van der Waals surface area contributed by atoms with Crippen LogP contribution in [0.4, 0.5) is 14.5 Å². The van der Waals surface area contributed by atoms with Gasteiger partial charge in [-0.25, -0.2) is 8.42 Å². The number of benzene rings is 1. The molecule has 0 bridgehead atoms. The molecule has 0 fully saturated rings. The second-order valence-corrected chi connectivity index (χ2v) is 7.77. The van der Waals surface area contributed by atoms with Gasteiger partial charge in [-0.05, 0) is 30.7 Å². The standard InChI is InChI=1S/C12H16BrF2NO2S/c1-9(13)7-8-16(2)10-3-5-11(6-4-10)19(17,18)12(14)15/h3-6,9,12H,7-8H2,1-2H3. The lowest BCUT2D eigenvalue weighted by molar-refractivity contribution is 0.234. The molecule has 0 heterocycles. The maximum atomic E-state index is 12.4. The van der Waals surface area contributed by atoms with Crippen LogP contribution in [0.15, 0.2) is 29.2 Å². The molecule has 0 radical (unpaired) electrons. The average Bonchev–Trinajstić information content (AvgIpc) is 2.35. The van der Waals surface area contributed by atoms with Gasteiger partial charge in [-0.1, -0.05) is 22.9 Å². The average molecular weight is 356 g/mol. The molecule has 1 aromatic rings. The first-order chi connectivity index (χ1) is 8.75. The predicted octanol–water partition coefficient (Wildman–Crippen LogP) is 3.29. The lowest BCUT2D eigenvalue weighted by Gasteiger charge is -2.20. The number of nitrogens with zero attached hydrogens (tertiary/aromatic N) is 1. The van der Waals surface area contributed by atoms with E-state index < -0.39 is 15.6 Å². The highest BCUT2D eigenvalue weighted by molar-refractivity contribution is 9.09. The molecule has 0 amide bonds. The van der Waals surface area contributed by atoms with Crippen molar-refractivity contribution in [1.82, 2.24) is 0 Å². The molecule has 0 aliphatic heterocycles. The predicted molar refractivity (Wildman–Crippen MR) is 75.9 cm³/mol. The minimum Gasteiger partial charge on any atom is -0.375 e. The molecule has 0 saturated carbocycles. The first kappa shape index (κ1) is 16.4. The Labute approximate surface area is 120 Å². The molecule has 3 nitrogen and oxygen atoms in total. The first-order valence-corrected chi connectivity index (χ1v) is 8.18. The fourth-order valence-electron chi connectivity index (χ4n) is 1.49. The molecule has 1 aromatic carbocycles. The Balaban J connectivity index is 2.82. The SMILES string of the molecule is CC(Br)CCN(C)c1ccc(S(=O)(=O)C(F)F)cc1. The van der Waals surface area contributed by atoms with Crippen molar-refractivity contribution in [3.05, 3.63) is 24.3 Å². The third-order valence-corrected chi connectivity index (χ3v) is 4.56. The van der Waals surface area contributed by atoms with E-state index in [1.807, 2.05) is 18.9 Å². The summed E-state index contributed by atoms with van der Waals surface area (Å²) in [4.78, 5) is 1.97. The zero-order valence-corrected chi connectivity index (χ0v) is 13.1. The minimum absolute atomic E-state index is 0.353. The molecule has 0 aliphatic carbocycles. The molecule has 1 atom stereocenters. The van der Waals surface area contributed by atoms with E-state index >= 15 is 0 Å². The number of rotatable bonds is 6. The number of hydrogen-bond acceptors (Lipinski definition) is 3. The van der Waals surface area contributed by atoms with Crippen molar-refractivity contribution in [2.45, 2.75) is 28.8 Å². The fraction of sp³-hybridized carbons (Fsp3) is 0.500. The molecule has 0 aliphatic rings. The van der Waals surface area contributed by atoms with Crippen LogP contribution >= 0.6 is 15.9 Å². The van der Waals surface area contributed by atoms with Gasteiger partial charge in [0, 0.05) is 24.1 Å². The van der Waals surface area contributed by atoms with Gasteiger partial charge in [0.2, 0.25) is 9.84 Å². The zero-order chi connectivity index (χ0) is 14.6. The van der Waals surface area contributed by atoms with Gasteiger partial charge >= 0.3 is 5.76 Å². The van der Waals surface area contributed by atoms with Gasteiger partial charge in [-0.3, -0.25) is 0 Å². The molecular formula is C12H16BrF2NO2S. The van der Waals surface area contributed by atoms with Gasteiger partial charge in [0.05, 0.1) is 4.90 Å². The highest BCUT2D eigenvalue weighted by Crippen LogP contribution is 2.22. The summed E-state index contributed by atoms with van der Waals surface area (Å²) in [5, 5.41) is 0. The van der Waals surface area contributed by atoms with Crippen LogP contribution in [0.2, 0.25) is 0 Å². The lowest BCUT2D eigenvalue weighted by atomic mass is 10.2. The van der Waals surface area contributed by atoms with E-state index in [0.717, 1.165) is 18.7 Å². The third-order valence-electron chi connectivity index (χ3n) is 2.70. The van der Waals surface area contributed by atoms with Crippen molar-refractivity contribution in [3.8, 4) is 0 Å². The molecular weight excluding hydrogens is 340 g/mol. The summed E-state index contributed by atoms with van der Waals surface area (Å²) in [6.45, 7) is 2.82. The normalized spacial score (nSPS) is 13.6. The Kier molecular flexibility index (Phi) is 5.73. The Hall–Kier alpha value is -0.690. The Bertz CT molecular complexity index is 503. The Morgan fingerprint density at radius 1 is 1.26 bits per heavy atom. The van der Waals surface area contributed by atoms with Crippen LogP contribution in [0.3, 0.4) is 0 Å². The number of anilines is 1. The first-order valence-electron chi connectivity index (χ1n) is 5.72. The second-order valence-electron chi connectivity index (χ2n) is 4.29. The topological polar surface area (TPSA) is 37.4 Å². The van der Waals surface area contributed by atoms with Gasteiger partial charge in [-0.15, -0.1) is 0 Å². The molecule has 1 unspecified atom stereocenters. The molecule has 19 heavy (non-hydrogen) atoms. The molecule has 0 spiro atoms. The largest absolute Gasteiger partial charge is 0.375 e. The number of sulfone groups is 1. The van der Waals surface area contributed by atoms with Crippen molar-refractivity contribution in [2.75, 3.05) is 18.5 Å². The summed E-state index contributed by atoms with van der Waals surface area (Å²) in [6, 6.07) is 5.50. The summed E-state index contributed by atoms with van der Waals surface area (Å²) in [7, 11) is -2.64. The van der Waals surface area contributed by atoms with Crippen LogP contribution in [0.25, 0.3) is 0 Å². The molecule has 0 aromatic heterocycles. The minimum atomic E-state index is -4.50. The Morgan fingerprint density at radius 2 is 1.79 bits per heavy atom. The van der Waals surface area contributed by atoms with Crippen LogP contribution in [0.5, 0.6) is 0 Å². The molecule has 108 valence electrons. The number of alkyl halides is 3. The van der Waals surface area contributed by atoms with Gasteiger partial charge in [0.1, 0.15) is 0 Å². The lowest BCUT2D eigenvalue weighted by Crippen LogP contribution is -2.20.